The molecule has 0 saturated carbocycles. The Morgan fingerprint density at radius 1 is 1.50 bits per heavy atom. The number of carbonyl (C=O) groups excluding carboxylic acids is 1. The summed E-state index contributed by atoms with van der Waals surface area (Å²) in [6.45, 7) is 3.41. The van der Waals surface area contributed by atoms with Gasteiger partial charge in [0.1, 0.15) is 6.04 Å². The van der Waals surface area contributed by atoms with Gasteiger partial charge < -0.3 is 9.42 Å². The fraction of sp³-hybridized carbons (Fsp3) is 0.444. The van der Waals surface area contributed by atoms with Crippen LogP contribution in [0.25, 0.3) is 11.4 Å². The number of aromatic nitrogens is 4. The average molecular weight is 371 g/mol. The maximum atomic E-state index is 12.8. The molecule has 1 aliphatic rings. The summed E-state index contributed by atoms with van der Waals surface area (Å²) in [4.78, 5) is 19.2. The quantitative estimate of drug-likeness (QED) is 0.689. The van der Waals surface area contributed by atoms with Crippen LogP contribution in [0.3, 0.4) is 0 Å². The minimum absolute atomic E-state index is 0.114. The predicted molar refractivity (Wildman–Crippen MR) is 97.6 cm³/mol. The summed E-state index contributed by atoms with van der Waals surface area (Å²) >= 11 is 1.61. The van der Waals surface area contributed by atoms with Gasteiger partial charge in [0.05, 0.1) is 0 Å². The van der Waals surface area contributed by atoms with E-state index in [1.54, 1.807) is 22.2 Å². The number of hydrogen-bond acceptors (Lipinski definition) is 6. The van der Waals surface area contributed by atoms with E-state index in [9.17, 15) is 4.79 Å². The summed E-state index contributed by atoms with van der Waals surface area (Å²) < 4.78 is 7.12. The second-order valence-electron chi connectivity index (χ2n) is 6.68. The van der Waals surface area contributed by atoms with Gasteiger partial charge in [0.15, 0.2) is 0 Å². The highest BCUT2D eigenvalue weighted by molar-refractivity contribution is 7.08. The van der Waals surface area contributed by atoms with Gasteiger partial charge >= 0.3 is 0 Å². The molecule has 26 heavy (non-hydrogen) atoms. The minimum atomic E-state index is -0.280. The second-order valence-corrected chi connectivity index (χ2v) is 7.46. The van der Waals surface area contributed by atoms with Crippen LogP contribution in [0, 0.1) is 5.92 Å². The molecule has 2 atom stereocenters. The summed E-state index contributed by atoms with van der Waals surface area (Å²) in [5.41, 5.74) is 0.985. The van der Waals surface area contributed by atoms with Gasteiger partial charge in [-0.3, -0.25) is 9.48 Å². The zero-order valence-electron chi connectivity index (χ0n) is 14.6. The van der Waals surface area contributed by atoms with Crippen LogP contribution in [-0.4, -0.2) is 43.8 Å². The zero-order valence-corrected chi connectivity index (χ0v) is 15.4. The molecule has 3 aromatic rings. The number of amides is 1. The molecule has 1 amide bonds. The van der Waals surface area contributed by atoms with E-state index in [2.05, 4.69) is 15.2 Å². The molecule has 4 heterocycles. The highest BCUT2D eigenvalue weighted by Gasteiger charge is 2.28. The molecule has 1 fully saturated rings. The van der Waals surface area contributed by atoms with E-state index in [1.807, 2.05) is 40.9 Å². The molecule has 0 radical (unpaired) electrons. The standard InChI is InChI=1S/C18H21N5O2S/c1-13(23-8-3-6-19-23)18(24)22-7-2-4-14(11-22)10-16-20-17(21-25-16)15-5-9-26-12-15/h3,5-6,8-9,12-14H,2,4,7,10-11H2,1H3/t13-,14-/m1/s1. The Morgan fingerprint density at radius 2 is 2.42 bits per heavy atom. The Labute approximate surface area is 155 Å². The Balaban J connectivity index is 1.38. The highest BCUT2D eigenvalue weighted by atomic mass is 32.1. The molecule has 4 rings (SSSR count). The van der Waals surface area contributed by atoms with Gasteiger partial charge in [-0.25, -0.2) is 0 Å². The summed E-state index contributed by atoms with van der Waals surface area (Å²) in [5, 5.41) is 12.3. The van der Waals surface area contributed by atoms with Gasteiger partial charge in [-0.2, -0.15) is 21.4 Å². The summed E-state index contributed by atoms with van der Waals surface area (Å²) in [6, 6.07) is 3.54. The first kappa shape index (κ1) is 17.0. The molecular weight excluding hydrogens is 350 g/mol. The minimum Gasteiger partial charge on any atom is -0.341 e. The Kier molecular flexibility index (Phi) is 4.83. The lowest BCUT2D eigenvalue weighted by atomic mass is 9.94. The van der Waals surface area contributed by atoms with E-state index < -0.39 is 0 Å². The molecule has 7 nitrogen and oxygen atoms in total. The van der Waals surface area contributed by atoms with E-state index >= 15 is 0 Å². The van der Waals surface area contributed by atoms with E-state index in [-0.39, 0.29) is 11.9 Å². The number of likely N-dealkylation sites (tertiary alicyclic amines) is 1. The molecule has 0 unspecified atom stereocenters. The lowest BCUT2D eigenvalue weighted by Crippen LogP contribution is -2.43. The van der Waals surface area contributed by atoms with Crippen molar-refractivity contribution in [1.82, 2.24) is 24.8 Å². The third-order valence-electron chi connectivity index (χ3n) is 4.82. The molecular formula is C18H21N5O2S. The molecule has 0 spiro atoms. The number of hydrogen-bond donors (Lipinski definition) is 0. The van der Waals surface area contributed by atoms with Gasteiger partial charge in [-0.05, 0) is 43.2 Å². The Hall–Kier alpha value is -2.48. The average Bonchev–Trinajstić information content (AvgIpc) is 3.42. The maximum Gasteiger partial charge on any atom is 0.247 e. The van der Waals surface area contributed by atoms with Crippen molar-refractivity contribution >= 4 is 17.2 Å². The number of carbonyl (C=O) groups is 1. The first-order chi connectivity index (χ1) is 12.7. The summed E-state index contributed by atoms with van der Waals surface area (Å²) in [6.07, 6.45) is 6.29. The second kappa shape index (κ2) is 7.41. The largest absolute Gasteiger partial charge is 0.341 e. The molecule has 3 aromatic heterocycles. The van der Waals surface area contributed by atoms with Crippen molar-refractivity contribution in [2.75, 3.05) is 13.1 Å². The highest BCUT2D eigenvalue weighted by Crippen LogP contribution is 2.24. The molecule has 1 aliphatic heterocycles. The number of thiophene rings is 1. The van der Waals surface area contributed by atoms with Crippen LogP contribution in [-0.2, 0) is 11.2 Å². The van der Waals surface area contributed by atoms with Crippen molar-refractivity contribution in [2.45, 2.75) is 32.2 Å². The van der Waals surface area contributed by atoms with E-state index in [0.717, 1.165) is 31.5 Å². The summed E-state index contributed by atoms with van der Waals surface area (Å²) in [5.74, 6) is 1.74. The van der Waals surface area contributed by atoms with Crippen LogP contribution in [0.4, 0.5) is 0 Å². The lowest BCUT2D eigenvalue weighted by molar-refractivity contribution is -0.136. The van der Waals surface area contributed by atoms with Crippen LogP contribution in [0.5, 0.6) is 0 Å². The van der Waals surface area contributed by atoms with Gasteiger partial charge in [0.25, 0.3) is 0 Å². The normalized spacial score (nSPS) is 18.8. The lowest BCUT2D eigenvalue weighted by Gasteiger charge is -2.33. The van der Waals surface area contributed by atoms with Crippen LogP contribution < -0.4 is 0 Å². The van der Waals surface area contributed by atoms with Crippen LogP contribution in [0.15, 0.2) is 39.8 Å². The number of piperidine rings is 1. The van der Waals surface area contributed by atoms with Crippen molar-refractivity contribution < 1.29 is 9.32 Å². The molecule has 0 N–H and O–H groups in total. The van der Waals surface area contributed by atoms with Crippen molar-refractivity contribution in [1.29, 1.82) is 0 Å². The Bertz CT molecular complexity index is 843. The SMILES string of the molecule is C[C@H](C(=O)N1CCC[C@H](Cc2nc(-c3ccsc3)no2)C1)n1cccn1. The van der Waals surface area contributed by atoms with Gasteiger partial charge in [-0.1, -0.05) is 5.16 Å². The topological polar surface area (TPSA) is 77.0 Å². The first-order valence-electron chi connectivity index (χ1n) is 8.84. The Morgan fingerprint density at radius 3 is 3.19 bits per heavy atom. The van der Waals surface area contributed by atoms with Crippen LogP contribution >= 0.6 is 11.3 Å². The van der Waals surface area contributed by atoms with Crippen molar-refractivity contribution in [2.24, 2.45) is 5.92 Å². The zero-order chi connectivity index (χ0) is 17.9. The summed E-state index contributed by atoms with van der Waals surface area (Å²) in [7, 11) is 0. The van der Waals surface area contributed by atoms with Crippen molar-refractivity contribution in [3.05, 3.63) is 41.2 Å². The molecule has 0 aromatic carbocycles. The van der Waals surface area contributed by atoms with Gasteiger partial charge in [0, 0.05) is 42.8 Å². The molecule has 0 bridgehead atoms. The van der Waals surface area contributed by atoms with E-state index in [4.69, 9.17) is 4.52 Å². The van der Waals surface area contributed by atoms with Gasteiger partial charge in [0.2, 0.25) is 17.6 Å². The monoisotopic (exact) mass is 371 g/mol. The van der Waals surface area contributed by atoms with Gasteiger partial charge in [-0.15, -0.1) is 0 Å². The van der Waals surface area contributed by atoms with Crippen LogP contribution in [0.1, 0.15) is 31.7 Å². The number of rotatable bonds is 5. The maximum absolute atomic E-state index is 12.8. The van der Waals surface area contributed by atoms with E-state index in [1.165, 1.54) is 0 Å². The molecule has 1 saturated heterocycles. The van der Waals surface area contributed by atoms with Crippen molar-refractivity contribution in [3.8, 4) is 11.4 Å². The fourth-order valence-electron chi connectivity index (χ4n) is 3.41. The van der Waals surface area contributed by atoms with Crippen LogP contribution in [0.2, 0.25) is 0 Å². The fourth-order valence-corrected chi connectivity index (χ4v) is 4.05. The third kappa shape index (κ3) is 3.55. The molecule has 136 valence electrons. The third-order valence-corrected chi connectivity index (χ3v) is 5.50. The van der Waals surface area contributed by atoms with Crippen molar-refractivity contribution in [3.63, 3.8) is 0 Å². The number of nitrogens with zero attached hydrogens (tertiary/aromatic N) is 5. The predicted octanol–water partition coefficient (Wildman–Crippen LogP) is 3.04. The first-order valence-corrected chi connectivity index (χ1v) is 9.78. The van der Waals surface area contributed by atoms with E-state index in [0.29, 0.717) is 24.1 Å². The smallest absolute Gasteiger partial charge is 0.247 e. The molecule has 8 heteroatoms. The molecule has 0 aliphatic carbocycles.